The summed E-state index contributed by atoms with van der Waals surface area (Å²) in [7, 11) is 1.81. The van der Waals surface area contributed by atoms with Crippen LogP contribution >= 0.6 is 0 Å². The number of aromatic nitrogens is 3. The third-order valence-corrected chi connectivity index (χ3v) is 4.87. The maximum absolute atomic E-state index is 12.7. The van der Waals surface area contributed by atoms with E-state index in [4.69, 9.17) is 4.74 Å². The van der Waals surface area contributed by atoms with Gasteiger partial charge in [0.25, 0.3) is 5.91 Å². The molecule has 1 aromatic carbocycles. The third-order valence-electron chi connectivity index (χ3n) is 4.87. The van der Waals surface area contributed by atoms with Crippen LogP contribution in [0, 0.1) is 20.8 Å². The van der Waals surface area contributed by atoms with Crippen LogP contribution in [0.15, 0.2) is 24.3 Å². The molecule has 0 spiro atoms. The molecule has 0 bridgehead atoms. The number of ether oxygens (including phenoxy) is 1. The molecule has 0 fully saturated rings. The summed E-state index contributed by atoms with van der Waals surface area (Å²) in [5, 5.41) is 7.92. The number of aryl methyl sites for hydroxylation is 4. The van der Waals surface area contributed by atoms with Crippen LogP contribution in [0.2, 0.25) is 0 Å². The van der Waals surface area contributed by atoms with Gasteiger partial charge >= 0.3 is 5.97 Å². The highest BCUT2D eigenvalue weighted by atomic mass is 16.5. The molecule has 2 aromatic heterocycles. The Morgan fingerprint density at radius 2 is 1.89 bits per heavy atom. The lowest BCUT2D eigenvalue weighted by atomic mass is 10.0. The van der Waals surface area contributed by atoms with E-state index in [2.05, 4.69) is 15.4 Å². The smallest absolute Gasteiger partial charge is 0.340 e. The topological polar surface area (TPSA) is 86.1 Å². The molecule has 2 heterocycles. The summed E-state index contributed by atoms with van der Waals surface area (Å²) in [6, 6.07) is 7.67. The van der Waals surface area contributed by atoms with E-state index in [9.17, 15) is 9.59 Å². The van der Waals surface area contributed by atoms with E-state index in [1.54, 1.807) is 11.7 Å². The van der Waals surface area contributed by atoms with Gasteiger partial charge in [-0.3, -0.25) is 14.5 Å². The summed E-state index contributed by atoms with van der Waals surface area (Å²) in [6.07, 6.45) is 0.594. The van der Waals surface area contributed by atoms with Gasteiger partial charge in [0.1, 0.15) is 0 Å². The van der Waals surface area contributed by atoms with Gasteiger partial charge in [0, 0.05) is 12.4 Å². The second-order valence-corrected chi connectivity index (χ2v) is 6.72. The predicted molar refractivity (Wildman–Crippen MR) is 107 cm³/mol. The lowest BCUT2D eigenvalue weighted by molar-refractivity contribution is -0.119. The molecule has 0 aliphatic heterocycles. The molecule has 0 saturated carbocycles. The number of pyridine rings is 1. The number of nitrogens with zero attached hydrogens (tertiary/aromatic N) is 3. The van der Waals surface area contributed by atoms with Gasteiger partial charge < -0.3 is 10.1 Å². The van der Waals surface area contributed by atoms with Crippen molar-refractivity contribution in [2.45, 2.75) is 34.1 Å². The first-order valence-corrected chi connectivity index (χ1v) is 9.18. The second-order valence-electron chi connectivity index (χ2n) is 6.72. The highest BCUT2D eigenvalue weighted by Gasteiger charge is 2.20. The number of para-hydroxylation sites is 1. The van der Waals surface area contributed by atoms with Gasteiger partial charge in [0.2, 0.25) is 0 Å². The Balaban J connectivity index is 1.78. The average Bonchev–Trinajstić information content (AvgIpc) is 2.92. The fourth-order valence-corrected chi connectivity index (χ4v) is 3.30. The predicted octanol–water partition coefficient (Wildman–Crippen LogP) is 3.25. The Hall–Kier alpha value is -3.22. The summed E-state index contributed by atoms with van der Waals surface area (Å²) < 4.78 is 6.99. The minimum absolute atomic E-state index is 0.373. The van der Waals surface area contributed by atoms with Gasteiger partial charge in [-0.05, 0) is 38.8 Å². The van der Waals surface area contributed by atoms with Crippen molar-refractivity contribution in [3.8, 4) is 0 Å². The van der Waals surface area contributed by atoms with Crippen LogP contribution in [0.4, 0.5) is 5.69 Å². The minimum Gasteiger partial charge on any atom is -0.452 e. The van der Waals surface area contributed by atoms with E-state index in [1.807, 2.05) is 52.0 Å². The van der Waals surface area contributed by atoms with Crippen molar-refractivity contribution in [3.05, 3.63) is 52.5 Å². The molecule has 0 saturated heterocycles. The van der Waals surface area contributed by atoms with Crippen LogP contribution in [-0.2, 0) is 23.0 Å². The van der Waals surface area contributed by atoms with Crippen molar-refractivity contribution < 1.29 is 14.3 Å². The minimum atomic E-state index is -0.539. The van der Waals surface area contributed by atoms with E-state index in [1.165, 1.54) is 0 Å². The van der Waals surface area contributed by atoms with E-state index >= 15 is 0 Å². The van der Waals surface area contributed by atoms with Crippen molar-refractivity contribution in [1.82, 2.24) is 14.8 Å². The van der Waals surface area contributed by atoms with Crippen LogP contribution in [-0.4, -0.2) is 33.2 Å². The number of rotatable bonds is 5. The number of anilines is 1. The number of nitrogens with one attached hydrogen (secondary N) is 1. The summed E-state index contributed by atoms with van der Waals surface area (Å²) in [5.41, 5.74) is 4.94. The molecular formula is C21H24N4O3. The van der Waals surface area contributed by atoms with Crippen LogP contribution in [0.5, 0.6) is 0 Å². The Morgan fingerprint density at radius 3 is 2.54 bits per heavy atom. The summed E-state index contributed by atoms with van der Waals surface area (Å²) in [6.45, 7) is 7.11. The molecule has 1 N–H and O–H groups in total. The molecule has 7 heteroatoms. The van der Waals surface area contributed by atoms with Gasteiger partial charge in [-0.1, -0.05) is 25.1 Å². The first-order chi connectivity index (χ1) is 13.3. The van der Waals surface area contributed by atoms with E-state index in [-0.39, 0.29) is 6.61 Å². The number of hydrogen-bond donors (Lipinski definition) is 1. The normalized spacial score (nSPS) is 10.9. The average molecular weight is 380 g/mol. The maximum atomic E-state index is 12.7. The fraction of sp³-hybridized carbons (Fsp3) is 0.333. The van der Waals surface area contributed by atoms with Gasteiger partial charge in [-0.2, -0.15) is 5.10 Å². The lowest BCUT2D eigenvalue weighted by Crippen LogP contribution is -2.22. The monoisotopic (exact) mass is 380 g/mol. The molecule has 1 amide bonds. The Bertz CT molecular complexity index is 1070. The Labute approximate surface area is 163 Å². The standard InChI is InChI=1S/C21H24N4O3/c1-6-16-19(12(2)15-9-7-8-10-17(15)22-16)21(27)28-11-18(26)23-20-13(3)24-25(5)14(20)4/h7-10H,6,11H2,1-5H3,(H,23,26). The van der Waals surface area contributed by atoms with Crippen LogP contribution in [0.1, 0.15) is 39.9 Å². The number of carbonyl (C=O) groups is 2. The number of fused-ring (bicyclic) bond motifs is 1. The second kappa shape index (κ2) is 7.80. The summed E-state index contributed by atoms with van der Waals surface area (Å²) in [5.74, 6) is -0.945. The first kappa shape index (κ1) is 19.5. The fourth-order valence-electron chi connectivity index (χ4n) is 3.30. The van der Waals surface area contributed by atoms with Gasteiger partial charge in [0.05, 0.1) is 33.8 Å². The van der Waals surface area contributed by atoms with Crippen molar-refractivity contribution >= 4 is 28.5 Å². The lowest BCUT2D eigenvalue weighted by Gasteiger charge is -2.13. The number of benzene rings is 1. The first-order valence-electron chi connectivity index (χ1n) is 9.18. The molecule has 3 rings (SSSR count). The zero-order valence-corrected chi connectivity index (χ0v) is 16.8. The highest BCUT2D eigenvalue weighted by Crippen LogP contribution is 2.24. The third kappa shape index (κ3) is 3.60. The van der Waals surface area contributed by atoms with Crippen LogP contribution < -0.4 is 5.32 Å². The number of carbonyl (C=O) groups excluding carboxylic acids is 2. The molecule has 0 aliphatic carbocycles. The molecule has 0 unspecified atom stereocenters. The summed E-state index contributed by atoms with van der Waals surface area (Å²) in [4.78, 5) is 29.6. The molecule has 3 aromatic rings. The largest absolute Gasteiger partial charge is 0.452 e. The van der Waals surface area contributed by atoms with Gasteiger partial charge in [-0.15, -0.1) is 0 Å². The molecule has 0 radical (unpaired) electrons. The highest BCUT2D eigenvalue weighted by molar-refractivity contribution is 6.00. The molecule has 0 aliphatic rings. The Kier molecular flexibility index (Phi) is 5.44. The van der Waals surface area contributed by atoms with Crippen molar-refractivity contribution in [2.24, 2.45) is 7.05 Å². The number of hydrogen-bond acceptors (Lipinski definition) is 5. The number of esters is 1. The summed E-state index contributed by atoms with van der Waals surface area (Å²) >= 11 is 0. The SMILES string of the molecule is CCc1nc2ccccc2c(C)c1C(=O)OCC(=O)Nc1c(C)nn(C)c1C. The van der Waals surface area contributed by atoms with E-state index in [0.717, 1.165) is 22.2 Å². The van der Waals surface area contributed by atoms with Crippen LogP contribution in [0.25, 0.3) is 10.9 Å². The van der Waals surface area contributed by atoms with E-state index in [0.29, 0.717) is 29.1 Å². The van der Waals surface area contributed by atoms with Crippen molar-refractivity contribution in [3.63, 3.8) is 0 Å². The number of amides is 1. The van der Waals surface area contributed by atoms with E-state index < -0.39 is 11.9 Å². The Morgan fingerprint density at radius 1 is 1.18 bits per heavy atom. The molecule has 146 valence electrons. The maximum Gasteiger partial charge on any atom is 0.340 e. The van der Waals surface area contributed by atoms with Gasteiger partial charge in [-0.25, -0.2) is 4.79 Å². The van der Waals surface area contributed by atoms with Crippen molar-refractivity contribution in [2.75, 3.05) is 11.9 Å². The quantitative estimate of drug-likeness (QED) is 0.687. The van der Waals surface area contributed by atoms with Crippen molar-refractivity contribution in [1.29, 1.82) is 0 Å². The molecule has 7 nitrogen and oxygen atoms in total. The molecule has 0 atom stereocenters. The van der Waals surface area contributed by atoms with Gasteiger partial charge in [0.15, 0.2) is 6.61 Å². The zero-order valence-electron chi connectivity index (χ0n) is 16.8. The zero-order chi connectivity index (χ0) is 20.4. The molecular weight excluding hydrogens is 356 g/mol. The van der Waals surface area contributed by atoms with Crippen LogP contribution in [0.3, 0.4) is 0 Å². The molecule has 28 heavy (non-hydrogen) atoms.